The van der Waals surface area contributed by atoms with Gasteiger partial charge in [0.25, 0.3) is 0 Å². The maximum absolute atomic E-state index is 11.7. The van der Waals surface area contributed by atoms with E-state index in [1.807, 2.05) is 23.6 Å². The Hall–Kier alpha value is -2.90. The first kappa shape index (κ1) is 20.4. The number of hydrogen-bond donors (Lipinski definition) is 2. The fraction of sp³-hybridized carbons (Fsp3) is 0.474. The molecule has 0 amide bonds. The van der Waals surface area contributed by atoms with Gasteiger partial charge in [0.2, 0.25) is 0 Å². The summed E-state index contributed by atoms with van der Waals surface area (Å²) in [4.78, 5) is 16.3. The fourth-order valence-corrected chi connectivity index (χ4v) is 2.51. The lowest BCUT2D eigenvalue weighted by atomic mass is 10.1. The first-order valence-electron chi connectivity index (χ1n) is 9.32. The molecule has 0 saturated heterocycles. The number of aromatic nitrogens is 3. The molecule has 2 rings (SSSR count). The Morgan fingerprint density at radius 1 is 1.19 bits per heavy atom. The summed E-state index contributed by atoms with van der Waals surface area (Å²) in [7, 11) is 0. The zero-order chi connectivity index (χ0) is 19.5. The van der Waals surface area contributed by atoms with Gasteiger partial charge in [0.1, 0.15) is 12.2 Å². The van der Waals surface area contributed by atoms with Crippen LogP contribution in [0.5, 0.6) is 0 Å². The number of hydrogen-bond acceptors (Lipinski definition) is 5. The number of carbonyl (C=O) groups is 1. The Labute approximate surface area is 160 Å². The van der Waals surface area contributed by atoms with Gasteiger partial charge in [-0.3, -0.25) is 0 Å². The number of ether oxygens (including phenoxy) is 1. The Morgan fingerprint density at radius 3 is 2.63 bits per heavy atom. The summed E-state index contributed by atoms with van der Waals surface area (Å²) in [6.45, 7) is 9.05. The summed E-state index contributed by atoms with van der Waals surface area (Å²) >= 11 is 0. The predicted octanol–water partition coefficient (Wildman–Crippen LogP) is 1.77. The lowest BCUT2D eigenvalue weighted by Crippen LogP contribution is -2.38. The first-order valence-corrected chi connectivity index (χ1v) is 9.32. The molecule has 0 saturated carbocycles. The summed E-state index contributed by atoms with van der Waals surface area (Å²) in [5, 5.41) is 14.6. The second-order valence-electron chi connectivity index (χ2n) is 5.83. The summed E-state index contributed by atoms with van der Waals surface area (Å²) < 4.78 is 7.02. The summed E-state index contributed by atoms with van der Waals surface area (Å²) in [5.41, 5.74) is 1.57. The third-order valence-electron chi connectivity index (χ3n) is 3.89. The molecule has 146 valence electrons. The molecule has 0 unspecified atom stereocenters. The third-order valence-corrected chi connectivity index (χ3v) is 3.89. The van der Waals surface area contributed by atoms with Crippen LogP contribution in [-0.2, 0) is 24.2 Å². The normalized spacial score (nSPS) is 11.3. The Kier molecular flexibility index (Phi) is 8.28. The minimum Gasteiger partial charge on any atom is -0.462 e. The standard InChI is InChI=1S/C19H28N6O2/c1-4-17-24-23-14-25(17)12-11-21-19(20-5-2)22-13-15-7-9-16(10-8-15)18(26)27-6-3/h7-10,14H,4-6,11-13H2,1-3H3,(H2,20,21,22). The van der Waals surface area contributed by atoms with Crippen LogP contribution in [-0.4, -0.2) is 46.4 Å². The Balaban J connectivity index is 1.89. The number of benzene rings is 1. The van der Waals surface area contributed by atoms with E-state index in [1.165, 1.54) is 0 Å². The Bertz CT molecular complexity index is 739. The number of aryl methyl sites for hydroxylation is 1. The molecule has 1 aromatic heterocycles. The molecule has 0 radical (unpaired) electrons. The topological polar surface area (TPSA) is 93.4 Å². The molecule has 27 heavy (non-hydrogen) atoms. The lowest BCUT2D eigenvalue weighted by Gasteiger charge is -2.12. The smallest absolute Gasteiger partial charge is 0.338 e. The van der Waals surface area contributed by atoms with Gasteiger partial charge < -0.3 is 19.9 Å². The van der Waals surface area contributed by atoms with Crippen molar-refractivity contribution in [2.45, 2.75) is 40.3 Å². The minimum absolute atomic E-state index is 0.303. The highest BCUT2D eigenvalue weighted by atomic mass is 16.5. The van der Waals surface area contributed by atoms with Crippen molar-refractivity contribution >= 4 is 11.9 Å². The minimum atomic E-state index is -0.303. The molecule has 0 aliphatic carbocycles. The molecule has 2 N–H and O–H groups in total. The van der Waals surface area contributed by atoms with Crippen molar-refractivity contribution in [3.63, 3.8) is 0 Å². The van der Waals surface area contributed by atoms with Crippen molar-refractivity contribution in [1.29, 1.82) is 0 Å². The van der Waals surface area contributed by atoms with Gasteiger partial charge in [0.15, 0.2) is 5.96 Å². The van der Waals surface area contributed by atoms with Gasteiger partial charge in [-0.15, -0.1) is 10.2 Å². The SMILES string of the molecule is CCNC(=NCc1ccc(C(=O)OCC)cc1)NCCn1cnnc1CC. The van der Waals surface area contributed by atoms with E-state index in [0.29, 0.717) is 18.7 Å². The Morgan fingerprint density at radius 2 is 1.96 bits per heavy atom. The molecule has 1 aromatic carbocycles. The van der Waals surface area contributed by atoms with Crippen LogP contribution in [0.25, 0.3) is 0 Å². The highest BCUT2D eigenvalue weighted by Crippen LogP contribution is 2.07. The molecular weight excluding hydrogens is 344 g/mol. The van der Waals surface area contributed by atoms with Crippen molar-refractivity contribution in [1.82, 2.24) is 25.4 Å². The zero-order valence-corrected chi connectivity index (χ0v) is 16.2. The average Bonchev–Trinajstić information content (AvgIpc) is 3.14. The molecule has 1 heterocycles. The van der Waals surface area contributed by atoms with Crippen molar-refractivity contribution < 1.29 is 9.53 Å². The van der Waals surface area contributed by atoms with Gasteiger partial charge in [-0.05, 0) is 31.5 Å². The van der Waals surface area contributed by atoms with Crippen molar-refractivity contribution in [3.8, 4) is 0 Å². The summed E-state index contributed by atoms with van der Waals surface area (Å²) in [6, 6.07) is 7.32. The van der Waals surface area contributed by atoms with E-state index >= 15 is 0 Å². The van der Waals surface area contributed by atoms with Gasteiger partial charge in [0, 0.05) is 26.1 Å². The van der Waals surface area contributed by atoms with Crippen LogP contribution in [0.1, 0.15) is 42.5 Å². The highest BCUT2D eigenvalue weighted by Gasteiger charge is 2.06. The van der Waals surface area contributed by atoms with E-state index in [9.17, 15) is 4.79 Å². The van der Waals surface area contributed by atoms with Crippen LogP contribution in [0.2, 0.25) is 0 Å². The average molecular weight is 372 g/mol. The number of aliphatic imine (C=N–C) groups is 1. The molecule has 0 atom stereocenters. The molecule has 2 aromatic rings. The van der Waals surface area contributed by atoms with E-state index in [4.69, 9.17) is 4.74 Å². The molecule has 0 spiro atoms. The van der Waals surface area contributed by atoms with E-state index in [0.717, 1.165) is 43.4 Å². The molecule has 0 aliphatic rings. The number of guanidine groups is 1. The number of nitrogens with zero attached hydrogens (tertiary/aromatic N) is 4. The lowest BCUT2D eigenvalue weighted by molar-refractivity contribution is 0.0526. The molecular formula is C19H28N6O2. The van der Waals surface area contributed by atoms with Gasteiger partial charge in [-0.1, -0.05) is 19.1 Å². The van der Waals surface area contributed by atoms with E-state index < -0.39 is 0 Å². The molecule has 0 aliphatic heterocycles. The van der Waals surface area contributed by atoms with Crippen LogP contribution >= 0.6 is 0 Å². The van der Waals surface area contributed by atoms with Gasteiger partial charge in [0.05, 0.1) is 18.7 Å². The van der Waals surface area contributed by atoms with Crippen LogP contribution in [0, 0.1) is 0 Å². The maximum atomic E-state index is 11.7. The highest BCUT2D eigenvalue weighted by molar-refractivity contribution is 5.89. The van der Waals surface area contributed by atoms with Gasteiger partial charge in [-0.2, -0.15) is 0 Å². The van der Waals surface area contributed by atoms with Crippen LogP contribution in [0.4, 0.5) is 0 Å². The number of carbonyl (C=O) groups excluding carboxylic acids is 1. The van der Waals surface area contributed by atoms with Crippen molar-refractivity contribution in [2.24, 2.45) is 4.99 Å². The number of rotatable bonds is 9. The quantitative estimate of drug-likeness (QED) is 0.396. The predicted molar refractivity (Wildman–Crippen MR) is 105 cm³/mol. The first-order chi connectivity index (χ1) is 13.2. The summed E-state index contributed by atoms with van der Waals surface area (Å²) in [5.74, 6) is 1.42. The zero-order valence-electron chi connectivity index (χ0n) is 16.2. The van der Waals surface area contributed by atoms with Crippen LogP contribution in [0.15, 0.2) is 35.6 Å². The molecule has 0 fully saturated rings. The number of nitrogens with one attached hydrogen (secondary N) is 2. The second-order valence-corrected chi connectivity index (χ2v) is 5.83. The van der Waals surface area contributed by atoms with E-state index in [-0.39, 0.29) is 5.97 Å². The van der Waals surface area contributed by atoms with Crippen molar-refractivity contribution in [3.05, 3.63) is 47.5 Å². The van der Waals surface area contributed by atoms with E-state index in [2.05, 4.69) is 32.7 Å². The number of esters is 1. The third kappa shape index (κ3) is 6.40. The maximum Gasteiger partial charge on any atom is 0.338 e. The summed E-state index contributed by atoms with van der Waals surface area (Å²) in [6.07, 6.45) is 2.60. The van der Waals surface area contributed by atoms with E-state index in [1.54, 1.807) is 25.4 Å². The van der Waals surface area contributed by atoms with Gasteiger partial charge in [-0.25, -0.2) is 9.79 Å². The fourth-order valence-electron chi connectivity index (χ4n) is 2.51. The second kappa shape index (κ2) is 10.9. The monoisotopic (exact) mass is 372 g/mol. The largest absolute Gasteiger partial charge is 0.462 e. The van der Waals surface area contributed by atoms with Crippen LogP contribution in [0.3, 0.4) is 0 Å². The van der Waals surface area contributed by atoms with Gasteiger partial charge >= 0.3 is 5.97 Å². The molecule has 0 bridgehead atoms. The van der Waals surface area contributed by atoms with Crippen LogP contribution < -0.4 is 10.6 Å². The van der Waals surface area contributed by atoms with Crippen molar-refractivity contribution in [2.75, 3.05) is 19.7 Å². The molecule has 8 heteroatoms. The molecule has 8 nitrogen and oxygen atoms in total.